The van der Waals surface area contributed by atoms with Gasteiger partial charge in [-0.05, 0) is 31.0 Å². The van der Waals surface area contributed by atoms with Gasteiger partial charge in [0.2, 0.25) is 0 Å². The molecule has 1 saturated carbocycles. The van der Waals surface area contributed by atoms with Crippen molar-refractivity contribution in [3.8, 4) is 0 Å². The summed E-state index contributed by atoms with van der Waals surface area (Å²) in [4.78, 5) is 10.7. The Morgan fingerprint density at radius 1 is 1.47 bits per heavy atom. The first kappa shape index (κ1) is 10.3. The van der Waals surface area contributed by atoms with Crippen LogP contribution in [0.3, 0.4) is 0 Å². The first-order valence-corrected chi connectivity index (χ1v) is 5.51. The Morgan fingerprint density at radius 3 is 2.94 bits per heavy atom. The van der Waals surface area contributed by atoms with E-state index in [4.69, 9.17) is 5.11 Å². The summed E-state index contributed by atoms with van der Waals surface area (Å²) in [5.41, 5.74) is 0.861. The minimum Gasteiger partial charge on any atom is -0.481 e. The lowest BCUT2D eigenvalue weighted by atomic mass is 9.80. The van der Waals surface area contributed by atoms with Gasteiger partial charge in [0, 0.05) is 5.39 Å². The molecule has 17 heavy (non-hydrogen) atoms. The van der Waals surface area contributed by atoms with Crippen molar-refractivity contribution in [2.24, 2.45) is 5.92 Å². The number of fused-ring (bicyclic) bond motifs is 1. The predicted octanol–water partition coefficient (Wildman–Crippen LogP) is 2.21. The number of aromatic nitrogens is 2. The Morgan fingerprint density at radius 2 is 2.24 bits per heavy atom. The quantitative estimate of drug-likeness (QED) is 0.866. The van der Waals surface area contributed by atoms with Crippen molar-refractivity contribution in [3.63, 3.8) is 0 Å². The highest BCUT2D eigenvalue weighted by molar-refractivity contribution is 5.79. The Labute approximate surface area is 96.7 Å². The molecule has 4 nitrogen and oxygen atoms in total. The second kappa shape index (κ2) is 3.55. The zero-order chi connectivity index (χ0) is 12.0. The molecule has 0 atom stereocenters. The highest BCUT2D eigenvalue weighted by Crippen LogP contribution is 2.39. The first-order chi connectivity index (χ1) is 8.15. The van der Waals surface area contributed by atoms with Crippen molar-refractivity contribution >= 4 is 16.9 Å². The Hall–Kier alpha value is -1.91. The molecule has 2 aromatic rings. The van der Waals surface area contributed by atoms with E-state index in [1.54, 1.807) is 16.9 Å². The standard InChI is InChI=1S/C12H11FN2O2/c13-9-1-2-11-8(3-9)6-14-15(11)10-4-7(5-10)12(16)17/h1-3,6-7,10H,4-5H2,(H,16,17). The van der Waals surface area contributed by atoms with E-state index >= 15 is 0 Å². The number of hydrogen-bond acceptors (Lipinski definition) is 2. The van der Waals surface area contributed by atoms with E-state index in [1.807, 2.05) is 0 Å². The van der Waals surface area contributed by atoms with Crippen molar-refractivity contribution in [3.05, 3.63) is 30.2 Å². The maximum atomic E-state index is 13.0. The molecule has 3 rings (SSSR count). The molecule has 0 amide bonds. The van der Waals surface area contributed by atoms with E-state index in [2.05, 4.69) is 5.10 Å². The van der Waals surface area contributed by atoms with Crippen molar-refractivity contribution < 1.29 is 14.3 Å². The molecule has 1 aromatic carbocycles. The normalized spacial score (nSPS) is 23.6. The zero-order valence-electron chi connectivity index (χ0n) is 9.01. The topological polar surface area (TPSA) is 55.1 Å². The van der Waals surface area contributed by atoms with Gasteiger partial charge in [-0.15, -0.1) is 0 Å². The van der Waals surface area contributed by atoms with Crippen LogP contribution in [-0.4, -0.2) is 20.9 Å². The summed E-state index contributed by atoms with van der Waals surface area (Å²) in [6, 6.07) is 4.64. The average molecular weight is 234 g/mol. The van der Waals surface area contributed by atoms with Gasteiger partial charge in [0.05, 0.1) is 23.7 Å². The molecule has 0 radical (unpaired) electrons. The van der Waals surface area contributed by atoms with E-state index in [0.29, 0.717) is 12.8 Å². The number of hydrogen-bond donors (Lipinski definition) is 1. The Kier molecular flexibility index (Phi) is 2.14. The summed E-state index contributed by atoms with van der Waals surface area (Å²) in [7, 11) is 0. The van der Waals surface area contributed by atoms with Crippen molar-refractivity contribution in [1.29, 1.82) is 0 Å². The molecular weight excluding hydrogens is 223 g/mol. The molecule has 0 unspecified atom stereocenters. The van der Waals surface area contributed by atoms with Crippen LogP contribution in [0.5, 0.6) is 0 Å². The van der Waals surface area contributed by atoms with Crippen LogP contribution in [0.2, 0.25) is 0 Å². The molecule has 1 fully saturated rings. The summed E-state index contributed by atoms with van der Waals surface area (Å²) in [5, 5.41) is 13.8. The minimum absolute atomic E-state index is 0.124. The molecule has 1 aliphatic rings. The lowest BCUT2D eigenvalue weighted by Gasteiger charge is -2.32. The Bertz CT molecular complexity index is 587. The number of carbonyl (C=O) groups is 1. The minimum atomic E-state index is -0.747. The Balaban J connectivity index is 1.90. The second-order valence-electron chi connectivity index (χ2n) is 4.45. The highest BCUT2D eigenvalue weighted by Gasteiger charge is 2.36. The van der Waals surface area contributed by atoms with Crippen LogP contribution in [0.15, 0.2) is 24.4 Å². The van der Waals surface area contributed by atoms with Crippen molar-refractivity contribution in [2.75, 3.05) is 0 Å². The lowest BCUT2D eigenvalue weighted by Crippen LogP contribution is -2.32. The molecule has 1 heterocycles. The lowest BCUT2D eigenvalue weighted by molar-refractivity contribution is -0.146. The van der Waals surface area contributed by atoms with Gasteiger partial charge in [-0.1, -0.05) is 0 Å². The number of nitrogens with zero attached hydrogens (tertiary/aromatic N) is 2. The summed E-state index contributed by atoms with van der Waals surface area (Å²) < 4.78 is 14.8. The molecule has 0 bridgehead atoms. The van der Waals surface area contributed by atoms with Crippen LogP contribution in [0, 0.1) is 11.7 Å². The fourth-order valence-electron chi connectivity index (χ4n) is 2.30. The third-order valence-electron chi connectivity index (χ3n) is 3.37. The largest absolute Gasteiger partial charge is 0.481 e. The van der Waals surface area contributed by atoms with E-state index in [0.717, 1.165) is 10.9 Å². The monoisotopic (exact) mass is 234 g/mol. The molecule has 88 valence electrons. The number of halogens is 1. The summed E-state index contributed by atoms with van der Waals surface area (Å²) in [6.07, 6.45) is 2.82. The molecule has 0 aliphatic heterocycles. The third-order valence-corrected chi connectivity index (χ3v) is 3.37. The van der Waals surface area contributed by atoms with Crippen LogP contribution in [-0.2, 0) is 4.79 Å². The number of carboxylic acids is 1. The SMILES string of the molecule is O=C(O)C1CC(n2ncc3cc(F)ccc32)C1. The van der Waals surface area contributed by atoms with Gasteiger partial charge in [0.1, 0.15) is 5.82 Å². The molecule has 0 spiro atoms. The van der Waals surface area contributed by atoms with Crippen LogP contribution in [0.1, 0.15) is 18.9 Å². The fraction of sp³-hybridized carbons (Fsp3) is 0.333. The molecule has 0 saturated heterocycles. The number of benzene rings is 1. The second-order valence-corrected chi connectivity index (χ2v) is 4.45. The van der Waals surface area contributed by atoms with Gasteiger partial charge in [0.25, 0.3) is 0 Å². The van der Waals surface area contributed by atoms with E-state index < -0.39 is 5.97 Å². The molecule has 5 heteroatoms. The van der Waals surface area contributed by atoms with Crippen LogP contribution < -0.4 is 0 Å². The predicted molar refractivity (Wildman–Crippen MR) is 59.1 cm³/mol. The number of rotatable bonds is 2. The van der Waals surface area contributed by atoms with Crippen molar-refractivity contribution in [1.82, 2.24) is 9.78 Å². The highest BCUT2D eigenvalue weighted by atomic mass is 19.1. The van der Waals surface area contributed by atoms with Crippen LogP contribution in [0.4, 0.5) is 4.39 Å². The average Bonchev–Trinajstić information content (AvgIpc) is 2.58. The summed E-state index contributed by atoms with van der Waals surface area (Å²) in [6.45, 7) is 0. The van der Waals surface area contributed by atoms with Gasteiger partial charge < -0.3 is 5.11 Å². The van der Waals surface area contributed by atoms with Gasteiger partial charge in [-0.25, -0.2) is 4.39 Å². The van der Waals surface area contributed by atoms with Gasteiger partial charge in [0.15, 0.2) is 0 Å². The van der Waals surface area contributed by atoms with Crippen LogP contribution >= 0.6 is 0 Å². The number of carboxylic acid groups (broad SMARTS) is 1. The summed E-state index contributed by atoms with van der Waals surface area (Å²) >= 11 is 0. The van der Waals surface area contributed by atoms with E-state index in [1.165, 1.54) is 12.1 Å². The molecular formula is C12H11FN2O2. The van der Waals surface area contributed by atoms with E-state index in [9.17, 15) is 9.18 Å². The fourth-order valence-corrected chi connectivity index (χ4v) is 2.30. The maximum Gasteiger partial charge on any atom is 0.306 e. The van der Waals surface area contributed by atoms with Gasteiger partial charge in [-0.2, -0.15) is 5.10 Å². The van der Waals surface area contributed by atoms with Crippen molar-refractivity contribution in [2.45, 2.75) is 18.9 Å². The molecule has 1 aromatic heterocycles. The number of aliphatic carboxylic acids is 1. The van der Waals surface area contributed by atoms with Crippen LogP contribution in [0.25, 0.3) is 10.9 Å². The summed E-state index contributed by atoms with van der Waals surface area (Å²) in [5.74, 6) is -1.29. The van der Waals surface area contributed by atoms with E-state index in [-0.39, 0.29) is 17.8 Å². The molecule has 1 N–H and O–H groups in total. The first-order valence-electron chi connectivity index (χ1n) is 5.51. The van der Waals surface area contributed by atoms with Gasteiger partial charge in [-0.3, -0.25) is 9.48 Å². The third kappa shape index (κ3) is 1.58. The zero-order valence-corrected chi connectivity index (χ0v) is 9.01. The molecule has 1 aliphatic carbocycles. The van der Waals surface area contributed by atoms with Gasteiger partial charge >= 0.3 is 5.97 Å². The smallest absolute Gasteiger partial charge is 0.306 e. The maximum absolute atomic E-state index is 13.0.